The molecule has 1 aromatic rings. The molecule has 0 aliphatic carbocycles. The number of nitrogens with one attached hydrogen (secondary N) is 1. The minimum Gasteiger partial charge on any atom is -0.308 e. The maximum absolute atomic E-state index is 5.96. The van der Waals surface area contributed by atoms with Crippen LogP contribution in [0.2, 0.25) is 5.02 Å². The Morgan fingerprint density at radius 3 is 2.40 bits per heavy atom. The van der Waals surface area contributed by atoms with Crippen LogP contribution in [-0.4, -0.2) is 30.6 Å². The molecule has 1 N–H and O–H groups in total. The second-order valence-electron chi connectivity index (χ2n) is 5.87. The van der Waals surface area contributed by atoms with Crippen LogP contribution < -0.4 is 5.32 Å². The van der Waals surface area contributed by atoms with Gasteiger partial charge in [-0.15, -0.1) is 0 Å². The molecule has 112 valence electrons. The van der Waals surface area contributed by atoms with Gasteiger partial charge in [0.05, 0.1) is 0 Å². The Bertz CT molecular complexity index is 384. The van der Waals surface area contributed by atoms with Gasteiger partial charge < -0.3 is 5.32 Å². The molecule has 1 aliphatic heterocycles. The molecule has 1 aromatic carbocycles. The molecule has 0 radical (unpaired) electrons. The predicted octanol–water partition coefficient (Wildman–Crippen LogP) is 4.26. The lowest BCUT2D eigenvalue weighted by Gasteiger charge is -2.33. The molecule has 1 heterocycles. The van der Waals surface area contributed by atoms with Gasteiger partial charge in [-0.05, 0) is 57.0 Å². The van der Waals surface area contributed by atoms with Gasteiger partial charge >= 0.3 is 0 Å². The van der Waals surface area contributed by atoms with Crippen molar-refractivity contribution in [2.75, 3.05) is 19.6 Å². The molecule has 1 fully saturated rings. The van der Waals surface area contributed by atoms with E-state index in [0.717, 1.165) is 18.0 Å². The summed E-state index contributed by atoms with van der Waals surface area (Å²) in [5.74, 6) is 0. The summed E-state index contributed by atoms with van der Waals surface area (Å²) in [5, 5.41) is 4.53. The summed E-state index contributed by atoms with van der Waals surface area (Å²) in [6.07, 6.45) is 5.23. The lowest BCUT2D eigenvalue weighted by atomic mass is 10.0. The van der Waals surface area contributed by atoms with E-state index in [1.165, 1.54) is 37.9 Å². The van der Waals surface area contributed by atoms with Crippen LogP contribution in [0.3, 0.4) is 0 Å². The Kier molecular flexibility index (Phi) is 6.34. The number of hydrogen-bond donors (Lipinski definition) is 1. The second kappa shape index (κ2) is 8.02. The van der Waals surface area contributed by atoms with E-state index in [9.17, 15) is 0 Å². The van der Waals surface area contributed by atoms with E-state index in [4.69, 9.17) is 11.6 Å². The van der Waals surface area contributed by atoms with E-state index >= 15 is 0 Å². The van der Waals surface area contributed by atoms with Crippen LogP contribution >= 0.6 is 11.6 Å². The molecular weight excluding hydrogens is 268 g/mol. The number of rotatable bonds is 6. The molecule has 2 nitrogen and oxygen atoms in total. The number of halogens is 1. The zero-order valence-electron chi connectivity index (χ0n) is 12.7. The summed E-state index contributed by atoms with van der Waals surface area (Å²) in [6, 6.07) is 9.28. The van der Waals surface area contributed by atoms with Crippen LogP contribution in [0.4, 0.5) is 0 Å². The third-order valence-corrected chi connectivity index (χ3v) is 4.61. The molecular formula is C17H27ClN2. The van der Waals surface area contributed by atoms with Crippen molar-refractivity contribution < 1.29 is 0 Å². The van der Waals surface area contributed by atoms with Gasteiger partial charge in [-0.25, -0.2) is 0 Å². The van der Waals surface area contributed by atoms with Crippen molar-refractivity contribution in [2.24, 2.45) is 0 Å². The molecule has 2 rings (SSSR count). The first-order valence-electron chi connectivity index (χ1n) is 7.93. The van der Waals surface area contributed by atoms with Gasteiger partial charge in [-0.1, -0.05) is 37.1 Å². The van der Waals surface area contributed by atoms with Gasteiger partial charge in [0.25, 0.3) is 0 Å². The highest BCUT2D eigenvalue weighted by atomic mass is 35.5. The van der Waals surface area contributed by atoms with E-state index in [1.54, 1.807) is 0 Å². The standard InChI is InChI=1S/C17H27ClN2/c1-3-17(15-7-9-16(18)10-8-15)19-13-14(2)20-11-5-4-6-12-20/h7-10,14,17,19H,3-6,11-13H2,1-2H3. The lowest BCUT2D eigenvalue weighted by Crippen LogP contribution is -2.43. The minimum atomic E-state index is 0.430. The van der Waals surface area contributed by atoms with Gasteiger partial charge in [0.15, 0.2) is 0 Å². The normalized spacial score (nSPS) is 19.8. The smallest absolute Gasteiger partial charge is 0.0406 e. The lowest BCUT2D eigenvalue weighted by molar-refractivity contribution is 0.167. The van der Waals surface area contributed by atoms with Crippen LogP contribution in [0.5, 0.6) is 0 Å². The van der Waals surface area contributed by atoms with Crippen LogP contribution in [0, 0.1) is 0 Å². The molecule has 0 bridgehead atoms. The van der Waals surface area contributed by atoms with Crippen LogP contribution in [-0.2, 0) is 0 Å². The highest BCUT2D eigenvalue weighted by Gasteiger charge is 2.17. The summed E-state index contributed by atoms with van der Waals surface area (Å²) in [4.78, 5) is 2.62. The first-order chi connectivity index (χ1) is 9.70. The van der Waals surface area contributed by atoms with E-state index < -0.39 is 0 Å². The van der Waals surface area contributed by atoms with Gasteiger partial charge in [0.1, 0.15) is 0 Å². The third kappa shape index (κ3) is 4.47. The number of hydrogen-bond acceptors (Lipinski definition) is 2. The molecule has 0 saturated carbocycles. The molecule has 2 atom stereocenters. The Morgan fingerprint density at radius 1 is 1.15 bits per heavy atom. The van der Waals surface area contributed by atoms with Crippen molar-refractivity contribution >= 4 is 11.6 Å². The summed E-state index contributed by atoms with van der Waals surface area (Å²) in [6.45, 7) is 8.16. The Morgan fingerprint density at radius 2 is 1.80 bits per heavy atom. The topological polar surface area (TPSA) is 15.3 Å². The molecule has 3 heteroatoms. The van der Waals surface area contributed by atoms with E-state index in [0.29, 0.717) is 12.1 Å². The number of piperidine rings is 1. The zero-order chi connectivity index (χ0) is 14.4. The van der Waals surface area contributed by atoms with Gasteiger partial charge in [0.2, 0.25) is 0 Å². The van der Waals surface area contributed by atoms with Crippen molar-refractivity contribution in [3.63, 3.8) is 0 Å². The summed E-state index contributed by atoms with van der Waals surface area (Å²) >= 11 is 5.96. The number of benzene rings is 1. The van der Waals surface area contributed by atoms with E-state index in [1.807, 2.05) is 12.1 Å². The average molecular weight is 295 g/mol. The quantitative estimate of drug-likeness (QED) is 0.843. The van der Waals surface area contributed by atoms with Gasteiger partial charge in [-0.3, -0.25) is 4.90 Å². The highest BCUT2D eigenvalue weighted by Crippen LogP contribution is 2.19. The van der Waals surface area contributed by atoms with Crippen molar-refractivity contribution in [1.29, 1.82) is 0 Å². The first kappa shape index (κ1) is 15.8. The molecule has 20 heavy (non-hydrogen) atoms. The Labute approximate surface area is 128 Å². The Hall–Kier alpha value is -0.570. The number of nitrogens with zero attached hydrogens (tertiary/aromatic N) is 1. The predicted molar refractivity (Wildman–Crippen MR) is 87.4 cm³/mol. The summed E-state index contributed by atoms with van der Waals surface area (Å²) in [7, 11) is 0. The number of likely N-dealkylation sites (tertiary alicyclic amines) is 1. The van der Waals surface area contributed by atoms with E-state index in [2.05, 4.69) is 36.2 Å². The molecule has 1 saturated heterocycles. The second-order valence-corrected chi connectivity index (χ2v) is 6.30. The largest absolute Gasteiger partial charge is 0.308 e. The van der Waals surface area contributed by atoms with Crippen molar-refractivity contribution in [3.05, 3.63) is 34.9 Å². The molecule has 0 aromatic heterocycles. The zero-order valence-corrected chi connectivity index (χ0v) is 13.5. The maximum Gasteiger partial charge on any atom is 0.0406 e. The fraction of sp³-hybridized carbons (Fsp3) is 0.647. The minimum absolute atomic E-state index is 0.430. The molecule has 0 amide bonds. The third-order valence-electron chi connectivity index (χ3n) is 4.35. The fourth-order valence-corrected chi connectivity index (χ4v) is 3.12. The van der Waals surface area contributed by atoms with Crippen molar-refractivity contribution in [3.8, 4) is 0 Å². The van der Waals surface area contributed by atoms with Crippen LogP contribution in [0.15, 0.2) is 24.3 Å². The monoisotopic (exact) mass is 294 g/mol. The molecule has 0 spiro atoms. The molecule has 1 aliphatic rings. The van der Waals surface area contributed by atoms with E-state index in [-0.39, 0.29) is 0 Å². The van der Waals surface area contributed by atoms with Crippen molar-refractivity contribution in [1.82, 2.24) is 10.2 Å². The SMILES string of the molecule is CCC(NCC(C)N1CCCCC1)c1ccc(Cl)cc1. The summed E-state index contributed by atoms with van der Waals surface area (Å²) < 4.78 is 0. The maximum atomic E-state index is 5.96. The fourth-order valence-electron chi connectivity index (χ4n) is 2.99. The average Bonchev–Trinajstić information content (AvgIpc) is 2.50. The van der Waals surface area contributed by atoms with Gasteiger partial charge in [0, 0.05) is 23.7 Å². The highest BCUT2D eigenvalue weighted by molar-refractivity contribution is 6.30. The van der Waals surface area contributed by atoms with Crippen LogP contribution in [0.1, 0.15) is 51.1 Å². The molecule has 2 unspecified atom stereocenters. The summed E-state index contributed by atoms with van der Waals surface area (Å²) in [5.41, 5.74) is 1.34. The first-order valence-corrected chi connectivity index (χ1v) is 8.31. The van der Waals surface area contributed by atoms with Gasteiger partial charge in [-0.2, -0.15) is 0 Å². The Balaban J connectivity index is 1.85. The van der Waals surface area contributed by atoms with Crippen molar-refractivity contribution in [2.45, 2.75) is 51.6 Å². The van der Waals surface area contributed by atoms with Crippen LogP contribution in [0.25, 0.3) is 0 Å².